The second-order valence-electron chi connectivity index (χ2n) is 7.47. The number of para-hydroxylation sites is 1. The van der Waals surface area contributed by atoms with Crippen molar-refractivity contribution in [2.45, 2.75) is 25.0 Å². The first-order chi connectivity index (χ1) is 14.5. The van der Waals surface area contributed by atoms with E-state index in [0.29, 0.717) is 28.9 Å². The number of hydrogen-bond acceptors (Lipinski definition) is 4. The number of ether oxygens (including phenoxy) is 1. The molecule has 0 fully saturated rings. The van der Waals surface area contributed by atoms with E-state index >= 15 is 0 Å². The molecule has 4 rings (SSSR count). The maximum atomic E-state index is 13.7. The topological polar surface area (TPSA) is 66.8 Å². The minimum atomic E-state index is -2.14. The number of carbonyl (C=O) groups is 2. The molecule has 0 saturated heterocycles. The molecule has 0 aromatic heterocycles. The number of esters is 1. The van der Waals surface area contributed by atoms with Crippen LogP contribution >= 0.6 is 0 Å². The Morgan fingerprint density at radius 1 is 1.00 bits per heavy atom. The predicted molar refractivity (Wildman–Crippen MR) is 114 cm³/mol. The Balaban J connectivity index is 1.87. The highest BCUT2D eigenvalue weighted by Crippen LogP contribution is 2.48. The summed E-state index contributed by atoms with van der Waals surface area (Å²) in [5.74, 6) is -2.30. The number of amides is 1. The number of aliphatic hydroxyl groups is 1. The van der Waals surface area contributed by atoms with Gasteiger partial charge in [0, 0.05) is 5.69 Å². The third-order valence-corrected chi connectivity index (χ3v) is 5.71. The van der Waals surface area contributed by atoms with Gasteiger partial charge in [0.1, 0.15) is 5.92 Å². The Morgan fingerprint density at radius 2 is 1.63 bits per heavy atom. The highest BCUT2D eigenvalue weighted by atomic mass is 16.5. The van der Waals surface area contributed by atoms with E-state index in [1.165, 1.54) is 7.11 Å². The Hall–Kier alpha value is -3.44. The highest BCUT2D eigenvalue weighted by Gasteiger charge is 2.56. The molecule has 3 aromatic carbocycles. The number of anilines is 1. The van der Waals surface area contributed by atoms with Gasteiger partial charge < -0.3 is 14.7 Å². The molecule has 1 N–H and O–H groups in total. The van der Waals surface area contributed by atoms with Crippen LogP contribution in [0.2, 0.25) is 0 Å². The smallest absolute Gasteiger partial charge is 0.343 e. The maximum Gasteiger partial charge on any atom is 0.343 e. The van der Waals surface area contributed by atoms with Crippen molar-refractivity contribution in [2.24, 2.45) is 0 Å². The van der Waals surface area contributed by atoms with Gasteiger partial charge in [0.25, 0.3) is 0 Å². The predicted octanol–water partition coefficient (Wildman–Crippen LogP) is 3.69. The lowest BCUT2D eigenvalue weighted by atomic mass is 9.76. The van der Waals surface area contributed by atoms with Gasteiger partial charge in [-0.15, -0.1) is 0 Å². The van der Waals surface area contributed by atoms with Crippen LogP contribution in [0.15, 0.2) is 78.9 Å². The minimum Gasteiger partial charge on any atom is -0.467 e. The lowest BCUT2D eigenvalue weighted by Gasteiger charge is -2.32. The van der Waals surface area contributed by atoms with Gasteiger partial charge in [0.2, 0.25) is 11.5 Å². The molecule has 2 atom stereocenters. The van der Waals surface area contributed by atoms with E-state index in [2.05, 4.69) is 0 Å². The van der Waals surface area contributed by atoms with Crippen molar-refractivity contribution in [2.75, 3.05) is 12.0 Å². The summed E-state index contributed by atoms with van der Waals surface area (Å²) in [6.07, 6.45) is 0. The lowest BCUT2D eigenvalue weighted by Crippen LogP contribution is -2.47. The standard InChI is InChI=1S/C25H23NO4/c1-17-10-6-8-14-20(17)25(29,24(28)30-2)22-19-13-7-9-15-21(19)26(23(22)27)16-18-11-4-3-5-12-18/h3-15,22,29H,16H2,1-2H3/t22-,25-/m0/s1. The van der Waals surface area contributed by atoms with Crippen molar-refractivity contribution < 1.29 is 19.4 Å². The normalized spacial score (nSPS) is 17.4. The van der Waals surface area contributed by atoms with Crippen LogP contribution in [0.1, 0.15) is 28.2 Å². The Bertz CT molecular complexity index is 1100. The van der Waals surface area contributed by atoms with Gasteiger partial charge in [-0.3, -0.25) is 4.79 Å². The van der Waals surface area contributed by atoms with Crippen LogP contribution in [0.25, 0.3) is 0 Å². The van der Waals surface area contributed by atoms with Gasteiger partial charge in [-0.05, 0) is 35.2 Å². The van der Waals surface area contributed by atoms with E-state index in [1.54, 1.807) is 42.2 Å². The Labute approximate surface area is 175 Å². The molecule has 30 heavy (non-hydrogen) atoms. The fourth-order valence-corrected chi connectivity index (χ4v) is 4.26. The van der Waals surface area contributed by atoms with Crippen LogP contribution in [0.5, 0.6) is 0 Å². The van der Waals surface area contributed by atoms with Gasteiger partial charge >= 0.3 is 5.97 Å². The van der Waals surface area contributed by atoms with Crippen LogP contribution in [0, 0.1) is 6.92 Å². The molecule has 3 aromatic rings. The van der Waals surface area contributed by atoms with E-state index in [4.69, 9.17) is 4.74 Å². The van der Waals surface area contributed by atoms with E-state index in [-0.39, 0.29) is 5.91 Å². The third-order valence-electron chi connectivity index (χ3n) is 5.71. The van der Waals surface area contributed by atoms with Crippen LogP contribution in [0.3, 0.4) is 0 Å². The second kappa shape index (κ2) is 7.76. The Kier molecular flexibility index (Phi) is 5.14. The number of carbonyl (C=O) groups excluding carboxylic acids is 2. The van der Waals surface area contributed by atoms with Crippen molar-refractivity contribution in [3.63, 3.8) is 0 Å². The summed E-state index contributed by atoms with van der Waals surface area (Å²) in [7, 11) is 1.22. The summed E-state index contributed by atoms with van der Waals surface area (Å²) >= 11 is 0. The van der Waals surface area contributed by atoms with Gasteiger partial charge in [-0.25, -0.2) is 4.79 Å². The molecule has 1 heterocycles. The summed E-state index contributed by atoms with van der Waals surface area (Å²) in [6, 6.07) is 23.9. The van der Waals surface area contributed by atoms with E-state index < -0.39 is 17.5 Å². The molecule has 152 valence electrons. The number of benzene rings is 3. The third kappa shape index (κ3) is 3.08. The number of rotatable bonds is 5. The van der Waals surface area contributed by atoms with Gasteiger partial charge in [0.15, 0.2) is 0 Å². The van der Waals surface area contributed by atoms with Crippen LogP contribution in [-0.2, 0) is 26.5 Å². The van der Waals surface area contributed by atoms with E-state index in [1.807, 2.05) is 48.5 Å². The fourth-order valence-electron chi connectivity index (χ4n) is 4.26. The lowest BCUT2D eigenvalue weighted by molar-refractivity contribution is -0.168. The van der Waals surface area contributed by atoms with Crippen molar-refractivity contribution in [1.29, 1.82) is 0 Å². The number of methoxy groups -OCH3 is 1. The average Bonchev–Trinajstić information content (AvgIpc) is 3.05. The number of hydrogen-bond donors (Lipinski definition) is 1. The Morgan fingerprint density at radius 3 is 2.33 bits per heavy atom. The minimum absolute atomic E-state index is 0.337. The second-order valence-corrected chi connectivity index (χ2v) is 7.47. The van der Waals surface area contributed by atoms with Gasteiger partial charge in [-0.1, -0.05) is 72.8 Å². The zero-order valence-electron chi connectivity index (χ0n) is 16.9. The summed E-state index contributed by atoms with van der Waals surface area (Å²) in [5, 5.41) is 11.8. The monoisotopic (exact) mass is 401 g/mol. The molecule has 0 saturated carbocycles. The van der Waals surface area contributed by atoms with Gasteiger partial charge in [0.05, 0.1) is 13.7 Å². The molecular weight excluding hydrogens is 378 g/mol. The molecule has 1 aliphatic rings. The molecule has 0 unspecified atom stereocenters. The van der Waals surface area contributed by atoms with E-state index in [0.717, 1.165) is 5.56 Å². The summed E-state index contributed by atoms with van der Waals surface area (Å²) in [6.45, 7) is 2.15. The first-order valence-electron chi connectivity index (χ1n) is 9.79. The number of fused-ring (bicyclic) bond motifs is 1. The first kappa shape index (κ1) is 19.9. The van der Waals surface area contributed by atoms with Crippen LogP contribution in [0.4, 0.5) is 5.69 Å². The average molecular weight is 401 g/mol. The fraction of sp³-hybridized carbons (Fsp3) is 0.200. The molecule has 0 spiro atoms. The van der Waals surface area contributed by atoms with Crippen molar-refractivity contribution in [3.8, 4) is 0 Å². The molecule has 0 bridgehead atoms. The highest BCUT2D eigenvalue weighted by molar-refractivity contribution is 6.09. The molecular formula is C25H23NO4. The first-order valence-corrected chi connectivity index (χ1v) is 9.79. The number of nitrogens with zero attached hydrogens (tertiary/aromatic N) is 1. The molecule has 0 radical (unpaired) electrons. The molecule has 5 nitrogen and oxygen atoms in total. The molecule has 1 amide bonds. The van der Waals surface area contributed by atoms with E-state index in [9.17, 15) is 14.7 Å². The van der Waals surface area contributed by atoms with Crippen LogP contribution in [-0.4, -0.2) is 24.1 Å². The maximum absolute atomic E-state index is 13.7. The van der Waals surface area contributed by atoms with Crippen molar-refractivity contribution in [3.05, 3.63) is 101 Å². The zero-order chi connectivity index (χ0) is 21.3. The molecule has 0 aliphatic carbocycles. The van der Waals surface area contributed by atoms with Gasteiger partial charge in [-0.2, -0.15) is 0 Å². The zero-order valence-corrected chi connectivity index (χ0v) is 16.9. The molecule has 1 aliphatic heterocycles. The quantitative estimate of drug-likeness (QED) is 0.662. The number of aryl methyl sites for hydroxylation is 1. The van der Waals surface area contributed by atoms with Crippen molar-refractivity contribution >= 4 is 17.6 Å². The summed E-state index contributed by atoms with van der Waals surface area (Å²) < 4.78 is 4.99. The molecule has 5 heteroatoms. The summed E-state index contributed by atoms with van der Waals surface area (Å²) in [4.78, 5) is 28.3. The van der Waals surface area contributed by atoms with Crippen molar-refractivity contribution in [1.82, 2.24) is 0 Å². The van der Waals surface area contributed by atoms with Crippen LogP contribution < -0.4 is 4.90 Å². The SMILES string of the molecule is COC(=O)[C@](O)(c1ccccc1C)[C@@H]1C(=O)N(Cc2ccccc2)c2ccccc21. The summed E-state index contributed by atoms with van der Waals surface area (Å²) in [5.41, 5.74) is 1.18. The largest absolute Gasteiger partial charge is 0.467 e.